The highest BCUT2D eigenvalue weighted by Gasteiger charge is 1.93. The molecule has 0 unspecified atom stereocenters. The second-order valence-electron chi connectivity index (χ2n) is 3.18. The molecule has 16 heavy (non-hydrogen) atoms. The normalized spacial score (nSPS) is 9.12. The summed E-state index contributed by atoms with van der Waals surface area (Å²) in [5.74, 6) is -0.308. The Morgan fingerprint density at radius 1 is 1.69 bits per heavy atom. The zero-order valence-corrected chi connectivity index (χ0v) is 10.6. The summed E-state index contributed by atoms with van der Waals surface area (Å²) in [6.07, 6.45) is 9.94. The van der Waals surface area contributed by atoms with Crippen LogP contribution in [0.4, 0.5) is 0 Å². The highest BCUT2D eigenvalue weighted by molar-refractivity contribution is 7.98. The fourth-order valence-corrected chi connectivity index (χ4v) is 1.31. The Hall–Kier alpha value is -1.23. The van der Waals surface area contributed by atoms with Crippen LogP contribution in [0, 0.1) is 0 Å². The van der Waals surface area contributed by atoms with Crippen LogP contribution in [-0.2, 0) is 18.4 Å². The Bertz CT molecular complexity index is 324. The summed E-state index contributed by atoms with van der Waals surface area (Å²) < 4.78 is 4.07. The summed E-state index contributed by atoms with van der Waals surface area (Å²) in [5.41, 5.74) is 0. The predicted octanol–water partition coefficient (Wildman–Crippen LogP) is -0.0120. The molecule has 0 spiro atoms. The number of carboxylic acid groups (broad SMARTS) is 1. The van der Waals surface area contributed by atoms with E-state index in [1.165, 1.54) is 11.8 Å². The van der Waals surface area contributed by atoms with Crippen molar-refractivity contribution in [1.29, 1.82) is 0 Å². The molecule has 0 bridgehead atoms. The van der Waals surface area contributed by atoms with E-state index < -0.39 is 5.97 Å². The number of hydrogen-bond acceptors (Lipinski definition) is 3. The van der Waals surface area contributed by atoms with Gasteiger partial charge in [-0.05, 0) is 18.4 Å². The molecule has 1 aromatic heterocycles. The molecule has 0 atom stereocenters. The van der Waals surface area contributed by atoms with Crippen molar-refractivity contribution in [3.05, 3.63) is 31.4 Å². The third kappa shape index (κ3) is 8.11. The maximum Gasteiger partial charge on any atom is 0.243 e. The molecule has 0 radical (unpaired) electrons. The zero-order chi connectivity index (χ0) is 12.4. The topological polar surface area (TPSA) is 48.9 Å². The minimum atomic E-state index is -0.964. The van der Waals surface area contributed by atoms with E-state index >= 15 is 0 Å². The van der Waals surface area contributed by atoms with E-state index in [2.05, 4.69) is 11.1 Å². The van der Waals surface area contributed by atoms with Crippen LogP contribution in [0.2, 0.25) is 0 Å². The van der Waals surface area contributed by atoms with Crippen molar-refractivity contribution in [1.82, 2.24) is 4.57 Å². The van der Waals surface area contributed by atoms with Crippen LogP contribution in [0.5, 0.6) is 0 Å². The van der Waals surface area contributed by atoms with Crippen LogP contribution in [0.1, 0.15) is 6.42 Å². The van der Waals surface area contributed by atoms with Gasteiger partial charge in [-0.1, -0.05) is 12.7 Å². The highest BCUT2D eigenvalue weighted by Crippen LogP contribution is 1.92. The molecule has 1 rings (SSSR count). The first-order valence-corrected chi connectivity index (χ1v) is 6.30. The molecule has 0 amide bonds. The van der Waals surface area contributed by atoms with Crippen LogP contribution >= 0.6 is 11.8 Å². The Kier molecular flexibility index (Phi) is 8.34. The van der Waals surface area contributed by atoms with Gasteiger partial charge < -0.3 is 9.90 Å². The van der Waals surface area contributed by atoms with Gasteiger partial charge in [-0.25, -0.2) is 9.13 Å². The lowest BCUT2D eigenvalue weighted by Crippen LogP contribution is -2.23. The summed E-state index contributed by atoms with van der Waals surface area (Å²) in [6, 6.07) is 0. The van der Waals surface area contributed by atoms with E-state index in [4.69, 9.17) is 0 Å². The van der Waals surface area contributed by atoms with Gasteiger partial charge in [-0.3, -0.25) is 0 Å². The number of carboxylic acids is 1. The second kappa shape index (κ2) is 9.03. The van der Waals surface area contributed by atoms with Crippen LogP contribution in [0.15, 0.2) is 31.4 Å². The molecule has 5 heteroatoms. The van der Waals surface area contributed by atoms with E-state index in [9.17, 15) is 9.90 Å². The summed E-state index contributed by atoms with van der Waals surface area (Å²) in [7, 11) is 2.00. The van der Waals surface area contributed by atoms with E-state index in [1.54, 1.807) is 0 Å². The van der Waals surface area contributed by atoms with E-state index in [0.29, 0.717) is 5.75 Å². The smallest absolute Gasteiger partial charge is 0.243 e. The average Bonchev–Trinajstić information content (AvgIpc) is 2.62. The number of allylic oxidation sites excluding steroid dienone is 1. The molecule has 0 fully saturated rings. The first-order chi connectivity index (χ1) is 7.60. The SMILES string of the molecule is C=CCn1cc[n+](C)c1.CSCCC(=O)[O-]. The summed E-state index contributed by atoms with van der Waals surface area (Å²) in [4.78, 5) is 9.63. The predicted molar refractivity (Wildman–Crippen MR) is 63.8 cm³/mol. The number of nitrogens with zero attached hydrogens (tertiary/aromatic N) is 2. The Labute approximate surface area is 101 Å². The lowest BCUT2D eigenvalue weighted by Gasteiger charge is -1.95. The standard InChI is InChI=1S/C7H11N2.C4H8O2S/c1-3-4-9-6-5-8(2)7-9;1-7-3-2-4(5)6/h3,5-7H,1,4H2,2H3;2-3H2,1H3,(H,5,6)/q+1;/p-1. The Balaban J connectivity index is 0.000000293. The van der Waals surface area contributed by atoms with Crippen molar-refractivity contribution in [2.45, 2.75) is 13.0 Å². The Morgan fingerprint density at radius 2 is 2.38 bits per heavy atom. The number of rotatable bonds is 5. The molecule has 0 aliphatic carbocycles. The Morgan fingerprint density at radius 3 is 2.69 bits per heavy atom. The number of carbonyl (C=O) groups is 1. The van der Waals surface area contributed by atoms with Gasteiger partial charge in [0.05, 0.1) is 7.05 Å². The van der Waals surface area contributed by atoms with Crippen LogP contribution in [0.3, 0.4) is 0 Å². The molecule has 0 N–H and O–H groups in total. The summed E-state index contributed by atoms with van der Waals surface area (Å²) in [5, 5.41) is 9.63. The van der Waals surface area contributed by atoms with Crippen LogP contribution < -0.4 is 9.67 Å². The summed E-state index contributed by atoms with van der Waals surface area (Å²) >= 11 is 1.51. The van der Waals surface area contributed by atoms with Gasteiger partial charge in [-0.15, -0.1) is 0 Å². The molecule has 0 aromatic carbocycles. The summed E-state index contributed by atoms with van der Waals surface area (Å²) in [6.45, 7) is 4.52. The van der Waals surface area contributed by atoms with Crippen molar-refractivity contribution in [2.24, 2.45) is 7.05 Å². The van der Waals surface area contributed by atoms with Gasteiger partial charge in [-0.2, -0.15) is 11.8 Å². The van der Waals surface area contributed by atoms with Crippen molar-refractivity contribution in [3.63, 3.8) is 0 Å². The zero-order valence-electron chi connectivity index (χ0n) is 9.76. The van der Waals surface area contributed by atoms with Gasteiger partial charge in [0.25, 0.3) is 0 Å². The van der Waals surface area contributed by atoms with Crippen LogP contribution in [0.25, 0.3) is 0 Å². The lowest BCUT2D eigenvalue weighted by atomic mass is 10.5. The number of thioether (sulfide) groups is 1. The molecule has 1 heterocycles. The third-order valence-corrected chi connectivity index (χ3v) is 2.29. The van der Waals surface area contributed by atoms with Gasteiger partial charge in [0.2, 0.25) is 6.33 Å². The van der Waals surface area contributed by atoms with Gasteiger partial charge in [0, 0.05) is 5.97 Å². The lowest BCUT2D eigenvalue weighted by molar-refractivity contribution is -0.671. The number of aliphatic carboxylic acids is 1. The van der Waals surface area contributed by atoms with E-state index in [-0.39, 0.29) is 6.42 Å². The molecule has 90 valence electrons. The van der Waals surface area contributed by atoms with Crippen molar-refractivity contribution >= 4 is 17.7 Å². The monoisotopic (exact) mass is 242 g/mol. The van der Waals surface area contributed by atoms with Gasteiger partial charge >= 0.3 is 0 Å². The maximum absolute atomic E-state index is 9.63. The molecule has 4 nitrogen and oxygen atoms in total. The van der Waals surface area contributed by atoms with E-state index in [1.807, 2.05) is 42.7 Å². The number of hydrogen-bond donors (Lipinski definition) is 0. The fourth-order valence-electron chi connectivity index (χ4n) is 0.944. The molecule has 0 aliphatic heterocycles. The number of aromatic nitrogens is 2. The molecular formula is C11H18N2O2S. The maximum atomic E-state index is 9.63. The van der Waals surface area contributed by atoms with Crippen LogP contribution in [-0.4, -0.2) is 22.5 Å². The second-order valence-corrected chi connectivity index (χ2v) is 4.16. The number of imidazole rings is 1. The first-order valence-electron chi connectivity index (χ1n) is 4.90. The van der Waals surface area contributed by atoms with Crippen molar-refractivity contribution in [2.75, 3.05) is 12.0 Å². The minimum Gasteiger partial charge on any atom is -0.550 e. The fraction of sp³-hybridized carbons (Fsp3) is 0.455. The quantitative estimate of drug-likeness (QED) is 0.539. The largest absolute Gasteiger partial charge is 0.550 e. The highest BCUT2D eigenvalue weighted by atomic mass is 32.2. The molecule has 0 aliphatic rings. The minimum absolute atomic E-state index is 0.168. The molecular weight excluding hydrogens is 224 g/mol. The van der Waals surface area contributed by atoms with Crippen molar-refractivity contribution in [3.8, 4) is 0 Å². The van der Waals surface area contributed by atoms with Gasteiger partial charge in [0.15, 0.2) is 0 Å². The average molecular weight is 242 g/mol. The third-order valence-electron chi connectivity index (χ3n) is 1.67. The first kappa shape index (κ1) is 14.8. The van der Waals surface area contributed by atoms with E-state index in [0.717, 1.165) is 6.54 Å². The molecule has 0 saturated heterocycles. The number of aryl methyl sites for hydroxylation is 1. The van der Waals surface area contributed by atoms with Crippen molar-refractivity contribution < 1.29 is 14.5 Å². The molecule has 1 aromatic rings. The number of carbonyl (C=O) groups excluding carboxylic acids is 1. The van der Waals surface area contributed by atoms with Gasteiger partial charge in [0.1, 0.15) is 18.9 Å². The molecule has 0 saturated carbocycles.